The van der Waals surface area contributed by atoms with Crippen LogP contribution < -0.4 is 10.2 Å². The normalized spacial score (nSPS) is 16.2. The van der Waals surface area contributed by atoms with Gasteiger partial charge in [-0.1, -0.05) is 48.0 Å². The zero-order valence-corrected chi connectivity index (χ0v) is 19.1. The first kappa shape index (κ1) is 22.0. The molecule has 1 aromatic heterocycles. The summed E-state index contributed by atoms with van der Waals surface area (Å²) in [6.07, 6.45) is 5.03. The third-order valence-electron chi connectivity index (χ3n) is 6.22. The highest BCUT2D eigenvalue weighted by Crippen LogP contribution is 2.28. The summed E-state index contributed by atoms with van der Waals surface area (Å²) < 4.78 is 0. The number of hydrogen-bond donors (Lipinski definition) is 1. The van der Waals surface area contributed by atoms with E-state index in [1.165, 1.54) is 18.4 Å². The molecule has 0 aliphatic carbocycles. The maximum Gasteiger partial charge on any atom is 0.256 e. The van der Waals surface area contributed by atoms with Crippen LogP contribution in [-0.4, -0.2) is 54.0 Å². The average molecular weight is 430 g/mol. The number of likely N-dealkylation sites (tertiary alicyclic amines) is 1. The molecule has 2 heterocycles. The smallest absolute Gasteiger partial charge is 0.256 e. The molecule has 0 saturated carbocycles. The molecular formula is C26H31N5O. The minimum absolute atomic E-state index is 0.140. The van der Waals surface area contributed by atoms with E-state index in [0.29, 0.717) is 29.8 Å². The second-order valence-electron chi connectivity index (χ2n) is 8.51. The Bertz CT molecular complexity index is 1050. The monoisotopic (exact) mass is 429 g/mol. The van der Waals surface area contributed by atoms with E-state index in [1.807, 2.05) is 54.4 Å². The Morgan fingerprint density at radius 2 is 1.91 bits per heavy atom. The molecule has 6 heteroatoms. The SMILES string of the molecule is Cc1ccc(N(C)c2nc(-c3ccccc3)ncc2C(=O)NCCC2CCCN2C)cc1. The minimum Gasteiger partial charge on any atom is -0.352 e. The van der Waals surface area contributed by atoms with E-state index >= 15 is 0 Å². The van der Waals surface area contributed by atoms with Crippen LogP contribution in [0.4, 0.5) is 11.5 Å². The van der Waals surface area contributed by atoms with Crippen LogP contribution in [0.15, 0.2) is 60.8 Å². The van der Waals surface area contributed by atoms with Gasteiger partial charge in [-0.3, -0.25) is 4.79 Å². The molecule has 1 aliphatic rings. The molecule has 166 valence electrons. The number of amides is 1. The molecule has 0 radical (unpaired) electrons. The number of rotatable bonds is 7. The minimum atomic E-state index is -0.140. The number of anilines is 2. The first-order valence-electron chi connectivity index (χ1n) is 11.2. The van der Waals surface area contributed by atoms with Gasteiger partial charge in [-0.05, 0) is 51.9 Å². The van der Waals surface area contributed by atoms with Gasteiger partial charge in [-0.15, -0.1) is 0 Å². The summed E-state index contributed by atoms with van der Waals surface area (Å²) in [5.41, 5.74) is 3.55. The molecule has 1 N–H and O–H groups in total. The average Bonchev–Trinajstić information content (AvgIpc) is 3.23. The molecule has 1 amide bonds. The summed E-state index contributed by atoms with van der Waals surface area (Å²) in [6, 6.07) is 18.6. The maximum absolute atomic E-state index is 13.1. The van der Waals surface area contributed by atoms with Gasteiger partial charge in [0.15, 0.2) is 5.82 Å². The van der Waals surface area contributed by atoms with Crippen molar-refractivity contribution in [2.45, 2.75) is 32.2 Å². The van der Waals surface area contributed by atoms with Crippen molar-refractivity contribution < 1.29 is 4.79 Å². The fourth-order valence-corrected chi connectivity index (χ4v) is 4.20. The number of nitrogens with one attached hydrogen (secondary N) is 1. The Labute approximate surface area is 190 Å². The highest BCUT2D eigenvalue weighted by molar-refractivity contribution is 5.99. The van der Waals surface area contributed by atoms with Crippen molar-refractivity contribution in [1.82, 2.24) is 20.2 Å². The quantitative estimate of drug-likeness (QED) is 0.602. The number of nitrogens with zero attached hydrogens (tertiary/aromatic N) is 4. The number of hydrogen-bond acceptors (Lipinski definition) is 5. The summed E-state index contributed by atoms with van der Waals surface area (Å²) in [5.74, 6) is 1.06. The van der Waals surface area contributed by atoms with Crippen LogP contribution >= 0.6 is 0 Å². The molecule has 0 bridgehead atoms. The highest BCUT2D eigenvalue weighted by atomic mass is 16.1. The zero-order chi connectivity index (χ0) is 22.5. The largest absolute Gasteiger partial charge is 0.352 e. The van der Waals surface area contributed by atoms with E-state index in [1.54, 1.807) is 6.20 Å². The standard InChI is InChI=1S/C26H31N5O/c1-19-11-13-22(14-12-19)31(3)25-23(18-28-24(29-25)20-8-5-4-6-9-20)26(32)27-16-15-21-10-7-17-30(21)2/h4-6,8-9,11-14,18,21H,7,10,15-17H2,1-3H3,(H,27,32). The molecule has 4 rings (SSSR count). The van der Waals surface area contributed by atoms with Gasteiger partial charge in [0.05, 0.1) is 0 Å². The molecule has 1 atom stereocenters. The van der Waals surface area contributed by atoms with Crippen LogP contribution in [0, 0.1) is 6.92 Å². The van der Waals surface area contributed by atoms with Crippen molar-refractivity contribution in [3.05, 3.63) is 71.9 Å². The molecule has 2 aromatic carbocycles. The van der Waals surface area contributed by atoms with E-state index in [4.69, 9.17) is 4.98 Å². The second kappa shape index (κ2) is 9.92. The first-order valence-corrected chi connectivity index (χ1v) is 11.2. The third kappa shape index (κ3) is 4.97. The lowest BCUT2D eigenvalue weighted by atomic mass is 10.1. The van der Waals surface area contributed by atoms with Crippen LogP contribution in [0.1, 0.15) is 35.2 Å². The zero-order valence-electron chi connectivity index (χ0n) is 19.1. The fourth-order valence-electron chi connectivity index (χ4n) is 4.20. The summed E-state index contributed by atoms with van der Waals surface area (Å²) in [4.78, 5) is 26.8. The number of aryl methyl sites for hydroxylation is 1. The molecule has 1 unspecified atom stereocenters. The van der Waals surface area contributed by atoms with E-state index in [0.717, 1.165) is 24.2 Å². The Morgan fingerprint density at radius 3 is 2.59 bits per heavy atom. The molecule has 1 fully saturated rings. The number of carbonyl (C=O) groups excluding carboxylic acids is 1. The van der Waals surface area contributed by atoms with Gasteiger partial charge in [0.1, 0.15) is 11.4 Å². The van der Waals surface area contributed by atoms with Crippen molar-refractivity contribution in [1.29, 1.82) is 0 Å². The van der Waals surface area contributed by atoms with Gasteiger partial charge in [-0.25, -0.2) is 9.97 Å². The second-order valence-corrected chi connectivity index (χ2v) is 8.51. The van der Waals surface area contributed by atoms with Gasteiger partial charge in [0.25, 0.3) is 5.91 Å². The van der Waals surface area contributed by atoms with E-state index in [2.05, 4.69) is 41.3 Å². The Balaban J connectivity index is 1.59. The van der Waals surface area contributed by atoms with Crippen molar-refractivity contribution in [3.8, 4) is 11.4 Å². The van der Waals surface area contributed by atoms with Crippen LogP contribution in [0.25, 0.3) is 11.4 Å². The predicted molar refractivity (Wildman–Crippen MR) is 129 cm³/mol. The number of carbonyl (C=O) groups is 1. The van der Waals surface area contributed by atoms with Crippen molar-refractivity contribution >= 4 is 17.4 Å². The Morgan fingerprint density at radius 1 is 1.16 bits per heavy atom. The highest BCUT2D eigenvalue weighted by Gasteiger charge is 2.22. The van der Waals surface area contributed by atoms with Crippen LogP contribution in [0.2, 0.25) is 0 Å². The van der Waals surface area contributed by atoms with Gasteiger partial charge >= 0.3 is 0 Å². The number of benzene rings is 2. The van der Waals surface area contributed by atoms with Gasteiger partial charge < -0.3 is 15.1 Å². The lowest BCUT2D eigenvalue weighted by Gasteiger charge is -2.22. The van der Waals surface area contributed by atoms with Gasteiger partial charge in [-0.2, -0.15) is 0 Å². The molecule has 6 nitrogen and oxygen atoms in total. The first-order chi connectivity index (χ1) is 15.5. The van der Waals surface area contributed by atoms with Crippen molar-refractivity contribution in [2.24, 2.45) is 0 Å². The Kier molecular flexibility index (Phi) is 6.81. The van der Waals surface area contributed by atoms with Gasteiger partial charge in [0.2, 0.25) is 0 Å². The molecule has 3 aromatic rings. The molecule has 1 saturated heterocycles. The lowest BCUT2D eigenvalue weighted by molar-refractivity contribution is 0.0950. The van der Waals surface area contributed by atoms with Crippen molar-refractivity contribution in [2.75, 3.05) is 32.1 Å². The lowest BCUT2D eigenvalue weighted by Crippen LogP contribution is -2.32. The Hall–Kier alpha value is -3.25. The maximum atomic E-state index is 13.1. The molecular weight excluding hydrogens is 398 g/mol. The van der Waals surface area contributed by atoms with Crippen molar-refractivity contribution in [3.63, 3.8) is 0 Å². The number of aromatic nitrogens is 2. The molecule has 0 spiro atoms. The summed E-state index contributed by atoms with van der Waals surface area (Å²) in [5, 5.41) is 3.09. The summed E-state index contributed by atoms with van der Waals surface area (Å²) in [7, 11) is 4.09. The van der Waals surface area contributed by atoms with Crippen LogP contribution in [-0.2, 0) is 0 Å². The third-order valence-corrected chi connectivity index (χ3v) is 6.22. The predicted octanol–water partition coefficient (Wildman–Crippen LogP) is 4.43. The van der Waals surface area contributed by atoms with E-state index in [9.17, 15) is 4.79 Å². The fraction of sp³-hybridized carbons (Fsp3) is 0.346. The van der Waals surface area contributed by atoms with E-state index < -0.39 is 0 Å². The van der Waals surface area contributed by atoms with Crippen LogP contribution in [0.5, 0.6) is 0 Å². The van der Waals surface area contributed by atoms with E-state index in [-0.39, 0.29) is 5.91 Å². The topological polar surface area (TPSA) is 61.4 Å². The molecule has 1 aliphatic heterocycles. The van der Waals surface area contributed by atoms with Gasteiger partial charge in [0, 0.05) is 37.1 Å². The molecule has 32 heavy (non-hydrogen) atoms. The van der Waals surface area contributed by atoms with Crippen LogP contribution in [0.3, 0.4) is 0 Å². The summed E-state index contributed by atoms with van der Waals surface area (Å²) >= 11 is 0. The summed E-state index contributed by atoms with van der Waals surface area (Å²) in [6.45, 7) is 3.84.